The predicted molar refractivity (Wildman–Crippen MR) is 158 cm³/mol. The third-order valence-corrected chi connectivity index (χ3v) is 7.11. The highest BCUT2D eigenvalue weighted by molar-refractivity contribution is 6.00. The van der Waals surface area contributed by atoms with E-state index < -0.39 is 0 Å². The molecule has 40 heavy (non-hydrogen) atoms. The van der Waals surface area contributed by atoms with Crippen LogP contribution in [0.5, 0.6) is 17.4 Å². The number of anilines is 3. The molecule has 5 rings (SSSR count). The van der Waals surface area contributed by atoms with Crippen molar-refractivity contribution in [3.05, 3.63) is 78.1 Å². The van der Waals surface area contributed by atoms with Gasteiger partial charge in [0, 0.05) is 25.1 Å². The molecule has 0 bridgehead atoms. The molecule has 206 valence electrons. The van der Waals surface area contributed by atoms with Crippen LogP contribution in [0.4, 0.5) is 22.1 Å². The highest BCUT2D eigenvalue weighted by atomic mass is 16.5. The fraction of sp³-hybridized carbons (Fsp3) is 0.290. The van der Waals surface area contributed by atoms with Gasteiger partial charge in [-0.15, -0.1) is 0 Å². The van der Waals surface area contributed by atoms with Crippen LogP contribution in [0.3, 0.4) is 0 Å². The number of aryl methyl sites for hydroxylation is 1. The molecule has 3 N–H and O–H groups in total. The molecule has 1 aliphatic carbocycles. The van der Waals surface area contributed by atoms with Crippen LogP contribution in [0.25, 0.3) is 11.3 Å². The first kappa shape index (κ1) is 26.9. The van der Waals surface area contributed by atoms with Crippen molar-refractivity contribution in [1.29, 1.82) is 0 Å². The van der Waals surface area contributed by atoms with Crippen molar-refractivity contribution < 1.29 is 14.3 Å². The molecular formula is C31H34N6O3. The summed E-state index contributed by atoms with van der Waals surface area (Å²) in [5.74, 6) is 2.71. The maximum absolute atomic E-state index is 12.9. The Hall–Kier alpha value is -4.66. The monoisotopic (exact) mass is 538 g/mol. The summed E-state index contributed by atoms with van der Waals surface area (Å²) in [6.45, 7) is 1.92. The summed E-state index contributed by atoms with van der Waals surface area (Å²) in [5, 5.41) is 8.83. The number of nitrogens with zero attached hydrogens (tertiary/aromatic N) is 3. The molecule has 0 saturated heterocycles. The topological polar surface area (TPSA) is 110 Å². The van der Waals surface area contributed by atoms with Gasteiger partial charge in [-0.1, -0.05) is 25.3 Å². The van der Waals surface area contributed by atoms with Gasteiger partial charge < -0.3 is 25.4 Å². The SMILES string of the molecule is CNc1nccc(-c2cccnc2Oc2ccc(NC(=O)Nc3cc(C4CCCCC4)ccc3OC)cc2C)n1. The first-order valence-electron chi connectivity index (χ1n) is 13.5. The first-order chi connectivity index (χ1) is 19.5. The van der Waals surface area contributed by atoms with Crippen LogP contribution in [0.2, 0.25) is 0 Å². The summed E-state index contributed by atoms with van der Waals surface area (Å²) < 4.78 is 11.7. The second-order valence-corrected chi connectivity index (χ2v) is 9.83. The van der Waals surface area contributed by atoms with E-state index in [2.05, 4.69) is 37.0 Å². The second kappa shape index (κ2) is 12.5. The summed E-state index contributed by atoms with van der Waals surface area (Å²) in [6, 6.07) is 16.7. The number of rotatable bonds is 8. The van der Waals surface area contributed by atoms with Crippen LogP contribution in [-0.4, -0.2) is 35.1 Å². The lowest BCUT2D eigenvalue weighted by molar-refractivity contribution is 0.262. The van der Waals surface area contributed by atoms with E-state index in [0.29, 0.717) is 46.3 Å². The van der Waals surface area contributed by atoms with Gasteiger partial charge in [-0.2, -0.15) is 0 Å². The van der Waals surface area contributed by atoms with Gasteiger partial charge in [0.15, 0.2) is 0 Å². The Morgan fingerprint density at radius 1 is 0.925 bits per heavy atom. The van der Waals surface area contributed by atoms with E-state index in [9.17, 15) is 4.79 Å². The van der Waals surface area contributed by atoms with E-state index in [1.165, 1.54) is 37.7 Å². The van der Waals surface area contributed by atoms with Crippen molar-refractivity contribution in [2.24, 2.45) is 0 Å². The molecule has 1 aliphatic rings. The molecule has 0 atom stereocenters. The quantitative estimate of drug-likeness (QED) is 0.215. The van der Waals surface area contributed by atoms with E-state index in [4.69, 9.17) is 9.47 Å². The summed E-state index contributed by atoms with van der Waals surface area (Å²) in [6.07, 6.45) is 9.52. The summed E-state index contributed by atoms with van der Waals surface area (Å²) in [5.41, 5.74) is 4.81. The Morgan fingerprint density at radius 2 is 1.75 bits per heavy atom. The molecule has 1 saturated carbocycles. The number of ether oxygens (including phenoxy) is 2. The standard InChI is InChI=1S/C31H34N6O3/c1-20-18-23(35-31(38)37-26-19-22(11-13-28(26)39-3)21-8-5-4-6-9-21)12-14-27(20)40-29-24(10-7-16-33-29)25-15-17-34-30(32-2)36-25/h7,10-19,21H,4-6,8-9H2,1-3H3,(H,32,34,36)(H2,35,37,38). The van der Waals surface area contributed by atoms with E-state index in [1.807, 2.05) is 49.4 Å². The molecule has 4 aromatic rings. The fourth-order valence-electron chi connectivity index (χ4n) is 5.04. The van der Waals surface area contributed by atoms with E-state index in [0.717, 1.165) is 11.1 Å². The van der Waals surface area contributed by atoms with Gasteiger partial charge in [0.1, 0.15) is 11.5 Å². The average Bonchev–Trinajstić information content (AvgIpc) is 2.99. The maximum Gasteiger partial charge on any atom is 0.323 e. The molecule has 2 heterocycles. The fourth-order valence-corrected chi connectivity index (χ4v) is 5.04. The molecule has 2 aromatic carbocycles. The predicted octanol–water partition coefficient (Wildman–Crippen LogP) is 7.38. The third-order valence-electron chi connectivity index (χ3n) is 7.11. The van der Waals surface area contributed by atoms with E-state index in [1.54, 1.807) is 32.6 Å². The summed E-state index contributed by atoms with van der Waals surface area (Å²) in [4.78, 5) is 26.1. The number of hydrogen-bond donors (Lipinski definition) is 3. The number of hydrogen-bond acceptors (Lipinski definition) is 7. The van der Waals surface area contributed by atoms with Crippen LogP contribution in [0, 0.1) is 6.92 Å². The largest absolute Gasteiger partial charge is 0.495 e. The molecule has 0 aliphatic heterocycles. The van der Waals surface area contributed by atoms with Gasteiger partial charge >= 0.3 is 6.03 Å². The van der Waals surface area contributed by atoms with Crippen molar-refractivity contribution in [3.63, 3.8) is 0 Å². The summed E-state index contributed by atoms with van der Waals surface area (Å²) in [7, 11) is 3.38. The number of benzene rings is 2. The highest BCUT2D eigenvalue weighted by Crippen LogP contribution is 2.37. The second-order valence-electron chi connectivity index (χ2n) is 9.83. The van der Waals surface area contributed by atoms with Gasteiger partial charge in [-0.3, -0.25) is 0 Å². The normalized spacial score (nSPS) is 13.4. The molecule has 2 aromatic heterocycles. The van der Waals surface area contributed by atoms with Gasteiger partial charge in [0.2, 0.25) is 11.8 Å². The number of methoxy groups -OCH3 is 1. The minimum atomic E-state index is -0.344. The van der Waals surface area contributed by atoms with Crippen LogP contribution >= 0.6 is 0 Å². The first-order valence-corrected chi connectivity index (χ1v) is 13.5. The zero-order valence-electron chi connectivity index (χ0n) is 23.0. The highest BCUT2D eigenvalue weighted by Gasteiger charge is 2.18. The molecule has 1 fully saturated rings. The Morgan fingerprint density at radius 3 is 2.52 bits per heavy atom. The van der Waals surface area contributed by atoms with Gasteiger partial charge in [-0.25, -0.2) is 19.7 Å². The van der Waals surface area contributed by atoms with Crippen LogP contribution < -0.4 is 25.4 Å². The summed E-state index contributed by atoms with van der Waals surface area (Å²) >= 11 is 0. The van der Waals surface area contributed by atoms with Gasteiger partial charge in [-0.05, 0) is 85.3 Å². The minimum Gasteiger partial charge on any atom is -0.495 e. The van der Waals surface area contributed by atoms with E-state index in [-0.39, 0.29) is 6.03 Å². The number of aromatic nitrogens is 3. The van der Waals surface area contributed by atoms with Gasteiger partial charge in [0.25, 0.3) is 0 Å². The number of urea groups is 1. The van der Waals surface area contributed by atoms with Crippen LogP contribution in [0.15, 0.2) is 67.0 Å². The Labute approximate surface area is 234 Å². The molecule has 9 nitrogen and oxygen atoms in total. The lowest BCUT2D eigenvalue weighted by Gasteiger charge is -2.23. The molecule has 9 heteroatoms. The Balaban J connectivity index is 1.29. The average molecular weight is 539 g/mol. The smallest absolute Gasteiger partial charge is 0.323 e. The Kier molecular flexibility index (Phi) is 8.39. The third kappa shape index (κ3) is 6.31. The number of carbonyl (C=O) groups excluding carboxylic acids is 1. The van der Waals surface area contributed by atoms with Gasteiger partial charge in [0.05, 0.1) is 24.1 Å². The molecule has 2 amide bonds. The van der Waals surface area contributed by atoms with Crippen molar-refractivity contribution in [2.75, 3.05) is 30.1 Å². The zero-order valence-corrected chi connectivity index (χ0v) is 23.0. The van der Waals surface area contributed by atoms with Crippen molar-refractivity contribution in [1.82, 2.24) is 15.0 Å². The van der Waals surface area contributed by atoms with Crippen molar-refractivity contribution >= 4 is 23.4 Å². The molecule has 0 unspecified atom stereocenters. The van der Waals surface area contributed by atoms with Crippen LogP contribution in [-0.2, 0) is 0 Å². The number of amides is 2. The zero-order chi connectivity index (χ0) is 27.9. The van der Waals surface area contributed by atoms with E-state index >= 15 is 0 Å². The minimum absolute atomic E-state index is 0.344. The molecule has 0 spiro atoms. The molecule has 0 radical (unpaired) electrons. The Bertz CT molecular complexity index is 1490. The lowest BCUT2D eigenvalue weighted by Crippen LogP contribution is -2.20. The number of pyridine rings is 1. The number of carbonyl (C=O) groups is 1. The molecular weight excluding hydrogens is 504 g/mol. The lowest BCUT2D eigenvalue weighted by atomic mass is 9.84. The number of nitrogens with one attached hydrogen (secondary N) is 3. The van der Waals surface area contributed by atoms with Crippen LogP contribution in [0.1, 0.15) is 49.1 Å². The van der Waals surface area contributed by atoms with Crippen molar-refractivity contribution in [3.8, 4) is 28.6 Å². The maximum atomic E-state index is 12.9. The van der Waals surface area contributed by atoms with Crippen molar-refractivity contribution in [2.45, 2.75) is 44.9 Å².